The summed E-state index contributed by atoms with van der Waals surface area (Å²) in [5.41, 5.74) is 1.08. The van der Waals surface area contributed by atoms with Crippen molar-refractivity contribution in [2.45, 2.75) is 45.1 Å². The number of rotatable bonds is 9. The molecule has 1 aromatic rings. The van der Waals surface area contributed by atoms with Crippen molar-refractivity contribution in [3.63, 3.8) is 0 Å². The van der Waals surface area contributed by atoms with Gasteiger partial charge in [-0.1, -0.05) is 30.2 Å². The Hall–Kier alpha value is -1.19. The topological polar surface area (TPSA) is 46.2 Å². The number of carbonyl (C=O) groups excluding carboxylic acids is 2. The first-order valence-electron chi connectivity index (χ1n) is 6.95. The summed E-state index contributed by atoms with van der Waals surface area (Å²) < 4.78 is 0. The van der Waals surface area contributed by atoms with Crippen LogP contribution >= 0.6 is 11.6 Å². The highest BCUT2D eigenvalue weighted by molar-refractivity contribution is 6.30. The average molecular weight is 296 g/mol. The second-order valence-corrected chi connectivity index (χ2v) is 5.89. The fraction of sp³-hybridized carbons (Fsp3) is 0.500. The lowest BCUT2D eigenvalue weighted by Crippen LogP contribution is -2.37. The quantitative estimate of drug-likeness (QED) is 0.431. The first kappa shape index (κ1) is 16.9. The van der Waals surface area contributed by atoms with E-state index in [-0.39, 0.29) is 11.3 Å². The number of carbonyl (C=O) groups is 2. The molecule has 0 atom stereocenters. The van der Waals surface area contributed by atoms with Gasteiger partial charge in [-0.05, 0) is 50.9 Å². The number of benzene rings is 1. The van der Waals surface area contributed by atoms with Gasteiger partial charge in [-0.3, -0.25) is 9.59 Å². The van der Waals surface area contributed by atoms with E-state index in [2.05, 4.69) is 19.2 Å². The molecule has 110 valence electrons. The minimum absolute atomic E-state index is 0.108. The number of Topliss-reactive ketones (excluding diaryl/α,β-unsaturated/α-hetero) is 1. The van der Waals surface area contributed by atoms with E-state index in [1.165, 1.54) is 5.56 Å². The van der Waals surface area contributed by atoms with Crippen LogP contribution in [0.2, 0.25) is 5.02 Å². The molecule has 1 rings (SSSR count). The zero-order valence-electron chi connectivity index (χ0n) is 12.1. The van der Waals surface area contributed by atoms with Crippen molar-refractivity contribution < 1.29 is 9.59 Å². The third-order valence-corrected chi connectivity index (χ3v) is 3.62. The number of hydrogen-bond acceptors (Lipinski definition) is 3. The fourth-order valence-corrected chi connectivity index (χ4v) is 2.16. The maximum atomic E-state index is 10.8. The van der Waals surface area contributed by atoms with Gasteiger partial charge in [-0.2, -0.15) is 0 Å². The SMILES string of the molecule is CC(C)(NCCCCCC(=O)C=O)c1ccc(Cl)cc1. The van der Waals surface area contributed by atoms with Crippen LogP contribution < -0.4 is 5.32 Å². The predicted molar refractivity (Wildman–Crippen MR) is 82.0 cm³/mol. The molecule has 0 radical (unpaired) electrons. The molecule has 0 saturated heterocycles. The molecule has 0 spiro atoms. The molecule has 0 fully saturated rings. The summed E-state index contributed by atoms with van der Waals surface area (Å²) in [7, 11) is 0. The smallest absolute Gasteiger partial charge is 0.195 e. The molecule has 0 aliphatic carbocycles. The standard InChI is InChI=1S/C16H22ClNO2/c1-16(2,13-7-9-14(17)10-8-13)18-11-5-3-4-6-15(20)12-19/h7-10,12,18H,3-6,11H2,1-2H3. The van der Waals surface area contributed by atoms with Crippen LogP contribution in [0.4, 0.5) is 0 Å². The molecule has 0 aromatic heterocycles. The van der Waals surface area contributed by atoms with Crippen LogP contribution in [0.25, 0.3) is 0 Å². The van der Waals surface area contributed by atoms with Crippen LogP contribution in [0.1, 0.15) is 45.1 Å². The molecule has 1 N–H and O–H groups in total. The lowest BCUT2D eigenvalue weighted by Gasteiger charge is -2.27. The van der Waals surface area contributed by atoms with Crippen LogP contribution in [-0.4, -0.2) is 18.6 Å². The molecule has 4 heteroatoms. The molecule has 0 aliphatic rings. The maximum absolute atomic E-state index is 10.8. The highest BCUT2D eigenvalue weighted by Gasteiger charge is 2.18. The molecule has 0 amide bonds. The summed E-state index contributed by atoms with van der Waals surface area (Å²) in [6.07, 6.45) is 3.49. The number of aldehydes is 1. The Bertz CT molecular complexity index is 440. The van der Waals surface area contributed by atoms with Crippen molar-refractivity contribution in [1.82, 2.24) is 5.32 Å². The molecule has 0 saturated carbocycles. The van der Waals surface area contributed by atoms with Crippen molar-refractivity contribution in [2.24, 2.45) is 0 Å². The van der Waals surface area contributed by atoms with E-state index in [0.29, 0.717) is 12.7 Å². The number of ketones is 1. The summed E-state index contributed by atoms with van der Waals surface area (Å²) in [4.78, 5) is 21.0. The van der Waals surface area contributed by atoms with Gasteiger partial charge in [-0.25, -0.2) is 0 Å². The molecule has 0 heterocycles. The lowest BCUT2D eigenvalue weighted by molar-refractivity contribution is -0.129. The first-order valence-corrected chi connectivity index (χ1v) is 7.32. The average Bonchev–Trinajstić information content (AvgIpc) is 2.42. The van der Waals surface area contributed by atoms with Crippen LogP contribution in [0.3, 0.4) is 0 Å². The monoisotopic (exact) mass is 295 g/mol. The summed E-state index contributed by atoms with van der Waals surface area (Å²) in [5.74, 6) is -0.306. The van der Waals surface area contributed by atoms with Gasteiger partial charge in [0.15, 0.2) is 12.1 Å². The number of hydrogen-bond donors (Lipinski definition) is 1. The highest BCUT2D eigenvalue weighted by Crippen LogP contribution is 2.21. The van der Waals surface area contributed by atoms with Gasteiger partial charge in [0.1, 0.15) is 0 Å². The van der Waals surface area contributed by atoms with E-state index < -0.39 is 0 Å². The predicted octanol–water partition coefficient (Wildman–Crippen LogP) is 3.49. The zero-order chi connectivity index (χ0) is 15.0. The number of unbranched alkanes of at least 4 members (excludes halogenated alkanes) is 2. The van der Waals surface area contributed by atoms with Crippen molar-refractivity contribution in [3.05, 3.63) is 34.9 Å². The number of halogens is 1. The van der Waals surface area contributed by atoms with Gasteiger partial charge in [0.2, 0.25) is 0 Å². The molecule has 3 nitrogen and oxygen atoms in total. The zero-order valence-corrected chi connectivity index (χ0v) is 12.9. The lowest BCUT2D eigenvalue weighted by atomic mass is 9.94. The van der Waals surface area contributed by atoms with Gasteiger partial charge in [-0.15, -0.1) is 0 Å². The van der Waals surface area contributed by atoms with E-state index in [1.807, 2.05) is 24.3 Å². The molecular weight excluding hydrogens is 274 g/mol. The maximum Gasteiger partial charge on any atom is 0.195 e. The second kappa shape index (κ2) is 8.18. The van der Waals surface area contributed by atoms with E-state index >= 15 is 0 Å². The first-order chi connectivity index (χ1) is 9.45. The Morgan fingerprint density at radius 2 is 1.85 bits per heavy atom. The van der Waals surface area contributed by atoms with Crippen LogP contribution in [0, 0.1) is 0 Å². The van der Waals surface area contributed by atoms with Crippen LogP contribution in [-0.2, 0) is 15.1 Å². The minimum Gasteiger partial charge on any atom is -0.308 e. The van der Waals surface area contributed by atoms with Crippen molar-refractivity contribution in [1.29, 1.82) is 0 Å². The van der Waals surface area contributed by atoms with Gasteiger partial charge in [0, 0.05) is 17.0 Å². The van der Waals surface area contributed by atoms with E-state index in [1.54, 1.807) is 0 Å². The Morgan fingerprint density at radius 3 is 2.45 bits per heavy atom. The second-order valence-electron chi connectivity index (χ2n) is 5.45. The van der Waals surface area contributed by atoms with Crippen LogP contribution in [0.15, 0.2) is 24.3 Å². The molecule has 20 heavy (non-hydrogen) atoms. The van der Waals surface area contributed by atoms with Gasteiger partial charge in [0.05, 0.1) is 0 Å². The number of nitrogens with one attached hydrogen (secondary N) is 1. The van der Waals surface area contributed by atoms with Crippen molar-refractivity contribution in [2.75, 3.05) is 6.54 Å². The molecular formula is C16H22ClNO2. The van der Waals surface area contributed by atoms with Crippen LogP contribution in [0.5, 0.6) is 0 Å². The molecule has 0 unspecified atom stereocenters. The Balaban J connectivity index is 2.28. The van der Waals surface area contributed by atoms with Crippen molar-refractivity contribution in [3.8, 4) is 0 Å². The highest BCUT2D eigenvalue weighted by atomic mass is 35.5. The fourth-order valence-electron chi connectivity index (χ4n) is 2.03. The van der Waals surface area contributed by atoms with Gasteiger partial charge in [0.25, 0.3) is 0 Å². The van der Waals surface area contributed by atoms with Crippen molar-refractivity contribution >= 4 is 23.7 Å². The summed E-state index contributed by atoms with van der Waals surface area (Å²) in [6, 6.07) is 7.84. The Kier molecular flexibility index (Phi) is 6.89. The molecule has 0 bridgehead atoms. The Labute approximate surface area is 125 Å². The third kappa shape index (κ3) is 5.85. The van der Waals surface area contributed by atoms with E-state index in [4.69, 9.17) is 11.6 Å². The Morgan fingerprint density at radius 1 is 1.20 bits per heavy atom. The van der Waals surface area contributed by atoms with E-state index in [0.717, 1.165) is 30.8 Å². The van der Waals surface area contributed by atoms with Gasteiger partial charge < -0.3 is 5.32 Å². The summed E-state index contributed by atoms with van der Waals surface area (Å²) >= 11 is 5.89. The molecule has 1 aromatic carbocycles. The summed E-state index contributed by atoms with van der Waals surface area (Å²) in [5, 5.41) is 4.24. The largest absolute Gasteiger partial charge is 0.308 e. The van der Waals surface area contributed by atoms with Gasteiger partial charge >= 0.3 is 0 Å². The molecule has 0 aliphatic heterocycles. The minimum atomic E-state index is -0.306. The normalized spacial score (nSPS) is 11.3. The van der Waals surface area contributed by atoms with E-state index in [9.17, 15) is 9.59 Å². The summed E-state index contributed by atoms with van der Waals surface area (Å²) in [6.45, 7) is 5.14. The third-order valence-electron chi connectivity index (χ3n) is 3.36.